The molecule has 88 valence electrons. The van der Waals surface area contributed by atoms with E-state index in [1.165, 1.54) is 12.1 Å². The fourth-order valence-corrected chi connectivity index (χ4v) is 2.55. The number of nitrogens with one attached hydrogen (secondary N) is 1. The molecule has 1 heterocycles. The molecule has 1 atom stereocenters. The smallest absolute Gasteiger partial charge is 0.0837 e. The van der Waals surface area contributed by atoms with Crippen LogP contribution < -0.4 is 4.90 Å². The van der Waals surface area contributed by atoms with Crippen LogP contribution in [0.2, 0.25) is 0 Å². The number of rotatable bonds is 3. The van der Waals surface area contributed by atoms with Crippen molar-refractivity contribution < 1.29 is 10.0 Å². The van der Waals surface area contributed by atoms with Crippen molar-refractivity contribution in [3.8, 4) is 0 Å². The van der Waals surface area contributed by atoms with Gasteiger partial charge >= 0.3 is 0 Å². The zero-order valence-corrected chi connectivity index (χ0v) is 10.0. The Bertz CT molecular complexity index is 304. The lowest BCUT2D eigenvalue weighted by atomic mass is 9.99. The van der Waals surface area contributed by atoms with Gasteiger partial charge in [0.25, 0.3) is 0 Å². The first-order chi connectivity index (χ1) is 7.75. The summed E-state index contributed by atoms with van der Waals surface area (Å²) in [7, 11) is 0. The molecule has 0 saturated carbocycles. The molecule has 0 unspecified atom stereocenters. The van der Waals surface area contributed by atoms with Crippen LogP contribution in [0.4, 0.5) is 0 Å². The Morgan fingerprint density at radius 2 is 1.88 bits per heavy atom. The van der Waals surface area contributed by atoms with Gasteiger partial charge in [-0.2, -0.15) is 0 Å². The lowest BCUT2D eigenvalue weighted by Gasteiger charge is -2.28. The number of quaternary nitrogens is 1. The van der Waals surface area contributed by atoms with Crippen molar-refractivity contribution in [1.82, 2.24) is 0 Å². The second kappa shape index (κ2) is 5.46. The third-order valence-electron chi connectivity index (χ3n) is 3.63. The van der Waals surface area contributed by atoms with Crippen LogP contribution in [0, 0.1) is 0 Å². The molecule has 1 aliphatic rings. The lowest BCUT2D eigenvalue weighted by Crippen LogP contribution is -3.13. The molecule has 0 amide bonds. The molecule has 1 aromatic rings. The summed E-state index contributed by atoms with van der Waals surface area (Å²) in [6.07, 6.45) is 1.89. The van der Waals surface area contributed by atoms with E-state index in [4.69, 9.17) is 0 Å². The van der Waals surface area contributed by atoms with Crippen LogP contribution in [0.15, 0.2) is 30.3 Å². The van der Waals surface area contributed by atoms with E-state index < -0.39 is 0 Å². The van der Waals surface area contributed by atoms with Gasteiger partial charge in [-0.15, -0.1) is 0 Å². The van der Waals surface area contributed by atoms with Crippen molar-refractivity contribution in [1.29, 1.82) is 0 Å². The molecule has 16 heavy (non-hydrogen) atoms. The molecule has 2 N–H and O–H groups in total. The summed E-state index contributed by atoms with van der Waals surface area (Å²) in [6.45, 7) is 5.74. The summed E-state index contributed by atoms with van der Waals surface area (Å²) in [6, 6.07) is 10.7. The van der Waals surface area contributed by atoms with E-state index in [0.29, 0.717) is 5.92 Å². The van der Waals surface area contributed by atoms with E-state index in [0.717, 1.165) is 25.9 Å². The number of benzene rings is 1. The highest BCUT2D eigenvalue weighted by atomic mass is 16.3. The highest BCUT2D eigenvalue weighted by Gasteiger charge is 2.22. The monoisotopic (exact) mass is 220 g/mol. The standard InChI is InChI=1S/C14H21NO/c1-12(13-5-3-2-4-6-13)11-15-9-7-14(16)8-10-15/h2-6,12,14,16H,7-11H2,1H3/p+1/t12-/m1/s1. The first-order valence-corrected chi connectivity index (χ1v) is 6.32. The van der Waals surface area contributed by atoms with Crippen LogP contribution in [-0.4, -0.2) is 30.8 Å². The third kappa shape index (κ3) is 3.06. The second-order valence-electron chi connectivity index (χ2n) is 5.00. The minimum Gasteiger partial charge on any atom is -0.393 e. The Labute approximate surface area is 97.9 Å². The zero-order chi connectivity index (χ0) is 11.4. The van der Waals surface area contributed by atoms with Crippen molar-refractivity contribution >= 4 is 0 Å². The molecule has 2 nitrogen and oxygen atoms in total. The quantitative estimate of drug-likeness (QED) is 0.775. The molecule has 2 heteroatoms. The number of aliphatic hydroxyl groups excluding tert-OH is 1. The van der Waals surface area contributed by atoms with Crippen LogP contribution in [0.3, 0.4) is 0 Å². The maximum atomic E-state index is 9.46. The van der Waals surface area contributed by atoms with Crippen LogP contribution >= 0.6 is 0 Å². The maximum Gasteiger partial charge on any atom is 0.0837 e. The van der Waals surface area contributed by atoms with Gasteiger partial charge in [0.1, 0.15) is 0 Å². The Balaban J connectivity index is 1.86. The first kappa shape index (κ1) is 11.6. The molecule has 0 spiro atoms. The number of hydrogen-bond donors (Lipinski definition) is 2. The fraction of sp³-hybridized carbons (Fsp3) is 0.571. The van der Waals surface area contributed by atoms with Gasteiger partial charge in [0.2, 0.25) is 0 Å². The van der Waals surface area contributed by atoms with Gasteiger partial charge in [0.05, 0.1) is 25.7 Å². The number of hydrogen-bond acceptors (Lipinski definition) is 1. The van der Waals surface area contributed by atoms with E-state index in [1.54, 1.807) is 4.90 Å². The molecule has 2 rings (SSSR count). The van der Waals surface area contributed by atoms with Gasteiger partial charge in [-0.3, -0.25) is 0 Å². The highest BCUT2D eigenvalue weighted by molar-refractivity contribution is 5.18. The summed E-state index contributed by atoms with van der Waals surface area (Å²) >= 11 is 0. The summed E-state index contributed by atoms with van der Waals surface area (Å²) in [5.41, 5.74) is 1.43. The maximum absolute atomic E-state index is 9.46. The molecule has 0 aromatic heterocycles. The van der Waals surface area contributed by atoms with E-state index in [-0.39, 0.29) is 6.10 Å². The molecule has 0 bridgehead atoms. The zero-order valence-electron chi connectivity index (χ0n) is 10.0. The SMILES string of the molecule is C[C@H](C[NH+]1CCC(O)CC1)c1ccccc1. The van der Waals surface area contributed by atoms with Crippen LogP contribution in [0.5, 0.6) is 0 Å². The Morgan fingerprint density at radius 3 is 2.50 bits per heavy atom. The predicted molar refractivity (Wildman–Crippen MR) is 65.7 cm³/mol. The predicted octanol–water partition coefficient (Wildman–Crippen LogP) is 0.830. The molecule has 0 aliphatic carbocycles. The molecular weight excluding hydrogens is 198 g/mol. The number of likely N-dealkylation sites (tertiary alicyclic amines) is 1. The summed E-state index contributed by atoms with van der Waals surface area (Å²) in [4.78, 5) is 1.64. The summed E-state index contributed by atoms with van der Waals surface area (Å²) in [5.74, 6) is 0.617. The van der Waals surface area contributed by atoms with Gasteiger partial charge in [0, 0.05) is 18.8 Å². The Hall–Kier alpha value is -0.860. The van der Waals surface area contributed by atoms with Gasteiger partial charge in [0.15, 0.2) is 0 Å². The van der Waals surface area contributed by atoms with E-state index in [9.17, 15) is 5.11 Å². The Kier molecular flexibility index (Phi) is 3.97. The third-order valence-corrected chi connectivity index (χ3v) is 3.63. The van der Waals surface area contributed by atoms with Crippen molar-refractivity contribution in [2.45, 2.75) is 31.8 Å². The van der Waals surface area contributed by atoms with Gasteiger partial charge in [-0.05, 0) is 5.56 Å². The van der Waals surface area contributed by atoms with Crippen molar-refractivity contribution in [2.75, 3.05) is 19.6 Å². The largest absolute Gasteiger partial charge is 0.393 e. The minimum absolute atomic E-state index is 0.0456. The average molecular weight is 220 g/mol. The van der Waals surface area contributed by atoms with Crippen molar-refractivity contribution in [2.24, 2.45) is 0 Å². The van der Waals surface area contributed by atoms with Gasteiger partial charge < -0.3 is 10.0 Å². The topological polar surface area (TPSA) is 24.7 Å². The van der Waals surface area contributed by atoms with Crippen LogP contribution in [0.1, 0.15) is 31.2 Å². The molecule has 1 aliphatic heterocycles. The minimum atomic E-state index is -0.0456. The van der Waals surface area contributed by atoms with Gasteiger partial charge in [-0.1, -0.05) is 37.3 Å². The Morgan fingerprint density at radius 1 is 1.25 bits per heavy atom. The van der Waals surface area contributed by atoms with E-state index >= 15 is 0 Å². The molecule has 0 radical (unpaired) electrons. The van der Waals surface area contributed by atoms with Crippen molar-refractivity contribution in [3.05, 3.63) is 35.9 Å². The van der Waals surface area contributed by atoms with Crippen LogP contribution in [0.25, 0.3) is 0 Å². The molecule has 1 aromatic carbocycles. The first-order valence-electron chi connectivity index (χ1n) is 6.32. The normalized spacial score (nSPS) is 27.6. The second-order valence-corrected chi connectivity index (χ2v) is 5.00. The van der Waals surface area contributed by atoms with E-state index in [1.807, 2.05) is 0 Å². The number of aliphatic hydroxyl groups is 1. The summed E-state index contributed by atoms with van der Waals surface area (Å²) < 4.78 is 0. The van der Waals surface area contributed by atoms with Crippen molar-refractivity contribution in [3.63, 3.8) is 0 Å². The van der Waals surface area contributed by atoms with E-state index in [2.05, 4.69) is 37.3 Å². The molecule has 1 saturated heterocycles. The number of piperidine rings is 1. The highest BCUT2D eigenvalue weighted by Crippen LogP contribution is 2.12. The summed E-state index contributed by atoms with van der Waals surface area (Å²) in [5, 5.41) is 9.46. The molecule has 1 fully saturated rings. The molecular formula is C14H22NO+. The average Bonchev–Trinajstić information content (AvgIpc) is 2.33. The van der Waals surface area contributed by atoms with Crippen LogP contribution in [-0.2, 0) is 0 Å². The lowest BCUT2D eigenvalue weighted by molar-refractivity contribution is -0.907. The fourth-order valence-electron chi connectivity index (χ4n) is 2.55. The van der Waals surface area contributed by atoms with Gasteiger partial charge in [-0.25, -0.2) is 0 Å².